The Morgan fingerprint density at radius 1 is 0.970 bits per heavy atom. The molecule has 0 spiro atoms. The standard InChI is InChI=1S/C25H17N3O5/c29-23(15-32-22-12-6-5-11-21(22)28(30)31)26-19-10-4-3-9-18(19)25-27-20-14-13-16-7-1-2-8-17(16)24(20)33-25/h1-14H,15H2,(H,26,29). The van der Waals surface area contributed by atoms with Crippen LogP contribution in [-0.4, -0.2) is 22.4 Å². The van der Waals surface area contributed by atoms with Crippen molar-refractivity contribution in [2.75, 3.05) is 11.9 Å². The highest BCUT2D eigenvalue weighted by atomic mass is 16.6. The number of aromatic nitrogens is 1. The first-order valence-corrected chi connectivity index (χ1v) is 10.1. The van der Waals surface area contributed by atoms with Crippen LogP contribution in [0.15, 0.2) is 89.3 Å². The fourth-order valence-corrected chi connectivity index (χ4v) is 3.61. The van der Waals surface area contributed by atoms with Crippen molar-refractivity contribution in [1.29, 1.82) is 0 Å². The molecule has 1 heterocycles. The van der Waals surface area contributed by atoms with Crippen molar-refractivity contribution in [3.63, 3.8) is 0 Å². The third kappa shape index (κ3) is 3.97. The van der Waals surface area contributed by atoms with Crippen LogP contribution in [-0.2, 0) is 4.79 Å². The van der Waals surface area contributed by atoms with Gasteiger partial charge in [-0.25, -0.2) is 4.98 Å². The molecule has 0 aliphatic rings. The molecule has 0 bridgehead atoms. The number of hydrogen-bond acceptors (Lipinski definition) is 6. The van der Waals surface area contributed by atoms with Gasteiger partial charge >= 0.3 is 5.69 Å². The Bertz CT molecular complexity index is 1510. The van der Waals surface area contributed by atoms with Gasteiger partial charge in [-0.15, -0.1) is 0 Å². The molecule has 8 heteroatoms. The van der Waals surface area contributed by atoms with E-state index in [0.29, 0.717) is 28.2 Å². The number of anilines is 1. The van der Waals surface area contributed by atoms with Crippen molar-refractivity contribution in [3.8, 4) is 17.2 Å². The topological polar surface area (TPSA) is 108 Å². The van der Waals surface area contributed by atoms with E-state index in [1.54, 1.807) is 24.3 Å². The van der Waals surface area contributed by atoms with Crippen molar-refractivity contribution in [1.82, 2.24) is 4.98 Å². The first kappa shape index (κ1) is 20.2. The van der Waals surface area contributed by atoms with Gasteiger partial charge in [-0.1, -0.05) is 54.6 Å². The van der Waals surface area contributed by atoms with E-state index in [1.165, 1.54) is 18.2 Å². The van der Waals surface area contributed by atoms with E-state index in [4.69, 9.17) is 9.15 Å². The zero-order valence-electron chi connectivity index (χ0n) is 17.2. The number of amides is 1. The second-order valence-corrected chi connectivity index (χ2v) is 7.26. The Balaban J connectivity index is 1.40. The number of ether oxygens (including phenoxy) is 1. The van der Waals surface area contributed by atoms with Crippen LogP contribution in [0.4, 0.5) is 11.4 Å². The summed E-state index contributed by atoms with van der Waals surface area (Å²) in [6.07, 6.45) is 0. The van der Waals surface area contributed by atoms with Gasteiger partial charge in [-0.3, -0.25) is 14.9 Å². The molecule has 5 rings (SSSR count). The van der Waals surface area contributed by atoms with Crippen LogP contribution < -0.4 is 10.1 Å². The summed E-state index contributed by atoms with van der Waals surface area (Å²) in [6.45, 7) is -0.391. The van der Waals surface area contributed by atoms with Gasteiger partial charge in [0.1, 0.15) is 5.52 Å². The highest BCUT2D eigenvalue weighted by molar-refractivity contribution is 6.04. The summed E-state index contributed by atoms with van der Waals surface area (Å²) in [4.78, 5) is 27.7. The first-order valence-electron chi connectivity index (χ1n) is 10.1. The van der Waals surface area contributed by atoms with Gasteiger partial charge in [0.05, 0.1) is 16.2 Å². The number of carbonyl (C=O) groups is 1. The predicted molar refractivity (Wildman–Crippen MR) is 124 cm³/mol. The highest BCUT2D eigenvalue weighted by Gasteiger charge is 2.17. The monoisotopic (exact) mass is 439 g/mol. The van der Waals surface area contributed by atoms with Crippen LogP contribution >= 0.6 is 0 Å². The minimum atomic E-state index is -0.556. The van der Waals surface area contributed by atoms with Crippen molar-refractivity contribution in [3.05, 3.63) is 95.0 Å². The average molecular weight is 439 g/mol. The number of nitrogens with zero attached hydrogens (tertiary/aromatic N) is 2. The number of nitro groups is 1. The fraction of sp³-hybridized carbons (Fsp3) is 0.0400. The van der Waals surface area contributed by atoms with Crippen LogP contribution in [0.25, 0.3) is 33.3 Å². The second kappa shape index (κ2) is 8.43. The summed E-state index contributed by atoms with van der Waals surface area (Å²) in [6, 6.07) is 24.8. The van der Waals surface area contributed by atoms with Crippen molar-refractivity contribution >= 4 is 39.2 Å². The minimum absolute atomic E-state index is 0.0248. The molecule has 1 amide bonds. The maximum Gasteiger partial charge on any atom is 0.310 e. The van der Waals surface area contributed by atoms with Gasteiger partial charge in [0.2, 0.25) is 5.89 Å². The lowest BCUT2D eigenvalue weighted by molar-refractivity contribution is -0.385. The number of hydrogen-bond donors (Lipinski definition) is 1. The number of para-hydroxylation sites is 3. The molecule has 0 aliphatic heterocycles. The molecule has 0 radical (unpaired) electrons. The maximum absolute atomic E-state index is 12.5. The lowest BCUT2D eigenvalue weighted by Gasteiger charge is -2.10. The van der Waals surface area contributed by atoms with Gasteiger partial charge in [-0.2, -0.15) is 0 Å². The van der Waals surface area contributed by atoms with Crippen molar-refractivity contribution < 1.29 is 18.9 Å². The molecule has 1 N–H and O–H groups in total. The summed E-state index contributed by atoms with van der Waals surface area (Å²) in [5, 5.41) is 15.9. The molecule has 0 saturated heterocycles. The Kier molecular flexibility index (Phi) is 5.16. The van der Waals surface area contributed by atoms with E-state index in [0.717, 1.165) is 10.8 Å². The molecule has 1 aromatic heterocycles. The van der Waals surface area contributed by atoms with E-state index in [2.05, 4.69) is 10.3 Å². The van der Waals surface area contributed by atoms with E-state index in [9.17, 15) is 14.9 Å². The normalized spacial score (nSPS) is 10.9. The molecule has 4 aromatic carbocycles. The average Bonchev–Trinajstić information content (AvgIpc) is 3.28. The van der Waals surface area contributed by atoms with E-state index < -0.39 is 17.4 Å². The van der Waals surface area contributed by atoms with Gasteiger partial charge in [-0.05, 0) is 29.7 Å². The third-order valence-electron chi connectivity index (χ3n) is 5.13. The zero-order valence-corrected chi connectivity index (χ0v) is 17.2. The molecular weight excluding hydrogens is 422 g/mol. The summed E-state index contributed by atoms with van der Waals surface area (Å²) in [7, 11) is 0. The van der Waals surface area contributed by atoms with Crippen LogP contribution in [0.5, 0.6) is 5.75 Å². The maximum atomic E-state index is 12.5. The van der Waals surface area contributed by atoms with Gasteiger partial charge in [0.25, 0.3) is 5.91 Å². The Hall–Kier alpha value is -4.72. The number of benzene rings is 4. The SMILES string of the molecule is O=C(COc1ccccc1[N+](=O)[O-])Nc1ccccc1-c1nc2ccc3ccccc3c2o1. The van der Waals surface area contributed by atoms with Gasteiger partial charge < -0.3 is 14.5 Å². The van der Waals surface area contributed by atoms with Crippen LogP contribution in [0.3, 0.4) is 0 Å². The van der Waals surface area contributed by atoms with Crippen LogP contribution in [0.1, 0.15) is 0 Å². The van der Waals surface area contributed by atoms with Crippen molar-refractivity contribution in [2.24, 2.45) is 0 Å². The molecule has 0 fully saturated rings. The molecule has 8 nitrogen and oxygen atoms in total. The zero-order chi connectivity index (χ0) is 22.8. The molecule has 0 saturated carbocycles. The number of nitro benzene ring substituents is 1. The van der Waals surface area contributed by atoms with Crippen LogP contribution in [0, 0.1) is 10.1 Å². The quantitative estimate of drug-likeness (QED) is 0.274. The molecule has 5 aromatic rings. The van der Waals surface area contributed by atoms with Gasteiger partial charge in [0, 0.05) is 11.5 Å². The lowest BCUT2D eigenvalue weighted by atomic mass is 10.1. The summed E-state index contributed by atoms with van der Waals surface area (Å²) < 4.78 is 11.5. The Labute approximate surface area is 187 Å². The number of rotatable bonds is 6. The molecular formula is C25H17N3O5. The number of fused-ring (bicyclic) bond motifs is 3. The lowest BCUT2D eigenvalue weighted by Crippen LogP contribution is -2.20. The molecule has 0 unspecified atom stereocenters. The molecule has 0 atom stereocenters. The molecule has 0 aliphatic carbocycles. The fourth-order valence-electron chi connectivity index (χ4n) is 3.61. The number of nitrogens with one attached hydrogen (secondary N) is 1. The Morgan fingerprint density at radius 2 is 1.73 bits per heavy atom. The van der Waals surface area contributed by atoms with E-state index in [1.807, 2.05) is 42.5 Å². The summed E-state index contributed by atoms with van der Waals surface area (Å²) in [5.74, 6) is -0.0733. The molecule has 33 heavy (non-hydrogen) atoms. The van der Waals surface area contributed by atoms with E-state index in [-0.39, 0.29) is 11.4 Å². The second-order valence-electron chi connectivity index (χ2n) is 7.26. The van der Waals surface area contributed by atoms with E-state index >= 15 is 0 Å². The molecule has 162 valence electrons. The van der Waals surface area contributed by atoms with Gasteiger partial charge in [0.15, 0.2) is 17.9 Å². The smallest absolute Gasteiger partial charge is 0.310 e. The summed E-state index contributed by atoms with van der Waals surface area (Å²) in [5.41, 5.74) is 2.28. The minimum Gasteiger partial charge on any atom is -0.477 e. The number of oxazole rings is 1. The van der Waals surface area contributed by atoms with Crippen LogP contribution in [0.2, 0.25) is 0 Å². The third-order valence-corrected chi connectivity index (χ3v) is 5.13. The summed E-state index contributed by atoms with van der Waals surface area (Å²) >= 11 is 0. The largest absolute Gasteiger partial charge is 0.477 e. The Morgan fingerprint density at radius 3 is 2.61 bits per heavy atom. The highest BCUT2D eigenvalue weighted by Crippen LogP contribution is 2.33. The first-order chi connectivity index (χ1) is 16.1. The predicted octanol–water partition coefficient (Wildman–Crippen LogP) is 5.57. The van der Waals surface area contributed by atoms with Crippen molar-refractivity contribution in [2.45, 2.75) is 0 Å². The number of carbonyl (C=O) groups excluding carboxylic acids is 1.